The molecule has 0 saturated carbocycles. The van der Waals surface area contributed by atoms with Crippen LogP contribution in [0.5, 0.6) is 0 Å². The molecule has 1 heterocycles. The molecule has 0 bridgehead atoms. The second-order valence-electron chi connectivity index (χ2n) is 5.36. The molecule has 9 heteroatoms. The third-order valence-electron chi connectivity index (χ3n) is 3.17. The van der Waals surface area contributed by atoms with Gasteiger partial charge in [-0.15, -0.1) is 0 Å². The van der Waals surface area contributed by atoms with E-state index in [1.165, 1.54) is 10.7 Å². The standard InChI is InChI=1S/C15H18F3N5S/c1-22(2)9-7-19-14(24)21-12-10-11(15(16,17)18)4-5-13(12)23-8-3-6-20-23/h3-6,8,10H,7,9H2,1-2H3,(H2,19,21,24). The van der Waals surface area contributed by atoms with Crippen LogP contribution in [0.3, 0.4) is 0 Å². The maximum absolute atomic E-state index is 13.0. The monoisotopic (exact) mass is 357 g/mol. The zero-order valence-electron chi connectivity index (χ0n) is 13.3. The molecule has 2 aromatic rings. The molecule has 0 spiro atoms. The maximum atomic E-state index is 13.0. The Morgan fingerprint density at radius 2 is 2.08 bits per heavy atom. The fourth-order valence-corrected chi connectivity index (χ4v) is 2.20. The minimum Gasteiger partial charge on any atom is -0.361 e. The van der Waals surface area contributed by atoms with Crippen molar-refractivity contribution < 1.29 is 13.2 Å². The quantitative estimate of drug-likeness (QED) is 0.806. The van der Waals surface area contributed by atoms with Crippen LogP contribution in [0.4, 0.5) is 18.9 Å². The highest BCUT2D eigenvalue weighted by Gasteiger charge is 2.31. The van der Waals surface area contributed by atoms with Gasteiger partial charge in [-0.25, -0.2) is 4.68 Å². The average molecular weight is 357 g/mol. The Balaban J connectivity index is 2.23. The molecular weight excluding hydrogens is 339 g/mol. The topological polar surface area (TPSA) is 45.1 Å². The number of nitrogens with one attached hydrogen (secondary N) is 2. The minimum absolute atomic E-state index is 0.232. The molecule has 1 aromatic carbocycles. The summed E-state index contributed by atoms with van der Waals surface area (Å²) in [5.41, 5.74) is -0.0439. The number of hydrogen-bond donors (Lipinski definition) is 2. The Labute approximate surface area is 143 Å². The van der Waals surface area contributed by atoms with Crippen LogP contribution in [-0.4, -0.2) is 47.0 Å². The van der Waals surface area contributed by atoms with Gasteiger partial charge in [-0.05, 0) is 50.6 Å². The molecule has 24 heavy (non-hydrogen) atoms. The smallest absolute Gasteiger partial charge is 0.361 e. The fourth-order valence-electron chi connectivity index (χ4n) is 1.98. The zero-order chi connectivity index (χ0) is 17.7. The molecule has 2 rings (SSSR count). The van der Waals surface area contributed by atoms with Gasteiger partial charge in [0, 0.05) is 25.5 Å². The number of rotatable bonds is 5. The summed E-state index contributed by atoms with van der Waals surface area (Å²) in [7, 11) is 3.83. The summed E-state index contributed by atoms with van der Waals surface area (Å²) in [4.78, 5) is 1.97. The summed E-state index contributed by atoms with van der Waals surface area (Å²) in [6.45, 7) is 1.32. The molecule has 0 saturated heterocycles. The van der Waals surface area contributed by atoms with Crippen molar-refractivity contribution in [3.63, 3.8) is 0 Å². The van der Waals surface area contributed by atoms with Crippen LogP contribution < -0.4 is 10.6 Å². The van der Waals surface area contributed by atoms with Crippen molar-refractivity contribution in [2.45, 2.75) is 6.18 Å². The third-order valence-corrected chi connectivity index (χ3v) is 3.41. The van der Waals surface area contributed by atoms with Crippen molar-refractivity contribution in [3.05, 3.63) is 42.2 Å². The van der Waals surface area contributed by atoms with Gasteiger partial charge in [0.05, 0.1) is 16.9 Å². The third kappa shape index (κ3) is 4.93. The lowest BCUT2D eigenvalue weighted by Crippen LogP contribution is -2.34. The molecule has 0 aliphatic rings. The van der Waals surface area contributed by atoms with Crippen molar-refractivity contribution in [2.75, 3.05) is 32.5 Å². The Hall–Kier alpha value is -2.13. The maximum Gasteiger partial charge on any atom is 0.416 e. The zero-order valence-corrected chi connectivity index (χ0v) is 14.1. The van der Waals surface area contributed by atoms with E-state index < -0.39 is 11.7 Å². The first-order valence-electron chi connectivity index (χ1n) is 7.18. The molecule has 0 aliphatic heterocycles. The van der Waals surface area contributed by atoms with Crippen LogP contribution in [0.15, 0.2) is 36.7 Å². The number of alkyl halides is 3. The van der Waals surface area contributed by atoms with Crippen molar-refractivity contribution >= 4 is 23.0 Å². The SMILES string of the molecule is CN(C)CCNC(=S)Nc1cc(C(F)(F)F)ccc1-n1cccn1. The number of likely N-dealkylation sites (N-methyl/N-ethyl adjacent to an activating group) is 1. The number of thiocarbonyl (C=S) groups is 1. The highest BCUT2D eigenvalue weighted by molar-refractivity contribution is 7.80. The average Bonchev–Trinajstić information content (AvgIpc) is 2.99. The van der Waals surface area contributed by atoms with E-state index in [0.717, 1.165) is 18.7 Å². The number of halogens is 3. The van der Waals surface area contributed by atoms with E-state index in [1.807, 2.05) is 19.0 Å². The van der Waals surface area contributed by atoms with E-state index in [1.54, 1.807) is 18.5 Å². The van der Waals surface area contributed by atoms with Gasteiger partial charge < -0.3 is 15.5 Å². The first kappa shape index (κ1) is 18.2. The molecule has 130 valence electrons. The summed E-state index contributed by atoms with van der Waals surface area (Å²) in [6, 6.07) is 5.09. The van der Waals surface area contributed by atoms with Crippen molar-refractivity contribution in [1.29, 1.82) is 0 Å². The first-order chi connectivity index (χ1) is 11.3. The van der Waals surface area contributed by atoms with Crippen LogP contribution in [0.1, 0.15) is 5.56 Å². The van der Waals surface area contributed by atoms with Gasteiger partial charge in [0.1, 0.15) is 0 Å². The van der Waals surface area contributed by atoms with Gasteiger partial charge in [-0.3, -0.25) is 0 Å². The van der Waals surface area contributed by atoms with E-state index in [4.69, 9.17) is 12.2 Å². The number of hydrogen-bond acceptors (Lipinski definition) is 3. The predicted octanol–water partition coefficient (Wildman–Crippen LogP) is 2.74. The highest BCUT2D eigenvalue weighted by atomic mass is 32.1. The lowest BCUT2D eigenvalue weighted by Gasteiger charge is -2.17. The van der Waals surface area contributed by atoms with Crippen LogP contribution in [0.2, 0.25) is 0 Å². The number of nitrogens with zero attached hydrogens (tertiary/aromatic N) is 3. The van der Waals surface area contributed by atoms with E-state index >= 15 is 0 Å². The Morgan fingerprint density at radius 1 is 1.33 bits per heavy atom. The second kappa shape index (κ2) is 7.63. The molecule has 0 aliphatic carbocycles. The van der Waals surface area contributed by atoms with Gasteiger partial charge in [0.15, 0.2) is 5.11 Å². The van der Waals surface area contributed by atoms with Crippen LogP contribution >= 0.6 is 12.2 Å². The van der Waals surface area contributed by atoms with Gasteiger partial charge in [0.25, 0.3) is 0 Å². The van der Waals surface area contributed by atoms with Crippen LogP contribution in [-0.2, 0) is 6.18 Å². The number of aromatic nitrogens is 2. The summed E-state index contributed by atoms with van der Waals surface area (Å²) in [6.07, 6.45) is -1.23. The van der Waals surface area contributed by atoms with Gasteiger partial charge in [0.2, 0.25) is 0 Å². The number of benzene rings is 1. The molecular formula is C15H18F3N5S. The molecule has 0 atom stereocenters. The Kier molecular flexibility index (Phi) is 5.79. The van der Waals surface area contributed by atoms with Gasteiger partial charge in [-0.1, -0.05) is 0 Å². The Bertz CT molecular complexity index is 683. The minimum atomic E-state index is -4.43. The number of anilines is 1. The highest BCUT2D eigenvalue weighted by Crippen LogP contribution is 2.33. The summed E-state index contributed by atoms with van der Waals surface area (Å²) in [5.74, 6) is 0. The second-order valence-corrected chi connectivity index (χ2v) is 5.77. The van der Waals surface area contributed by atoms with Crippen LogP contribution in [0, 0.1) is 0 Å². The fraction of sp³-hybridized carbons (Fsp3) is 0.333. The lowest BCUT2D eigenvalue weighted by molar-refractivity contribution is -0.137. The van der Waals surface area contributed by atoms with Crippen molar-refractivity contribution in [2.24, 2.45) is 0 Å². The van der Waals surface area contributed by atoms with Crippen molar-refractivity contribution in [3.8, 4) is 5.69 Å². The Morgan fingerprint density at radius 3 is 2.67 bits per heavy atom. The molecule has 5 nitrogen and oxygen atoms in total. The van der Waals surface area contributed by atoms with Crippen molar-refractivity contribution in [1.82, 2.24) is 20.0 Å². The van der Waals surface area contributed by atoms with E-state index in [9.17, 15) is 13.2 Å². The molecule has 0 amide bonds. The van der Waals surface area contributed by atoms with Gasteiger partial charge >= 0.3 is 6.18 Å². The molecule has 2 N–H and O–H groups in total. The summed E-state index contributed by atoms with van der Waals surface area (Å²) >= 11 is 5.16. The predicted molar refractivity (Wildman–Crippen MR) is 91.3 cm³/mol. The van der Waals surface area contributed by atoms with Gasteiger partial charge in [-0.2, -0.15) is 18.3 Å². The summed E-state index contributed by atoms with van der Waals surface area (Å²) in [5, 5.41) is 10.1. The molecule has 0 fully saturated rings. The van der Waals surface area contributed by atoms with E-state index in [0.29, 0.717) is 12.2 Å². The summed E-state index contributed by atoms with van der Waals surface area (Å²) < 4.78 is 40.4. The van der Waals surface area contributed by atoms with E-state index in [-0.39, 0.29) is 10.8 Å². The lowest BCUT2D eigenvalue weighted by atomic mass is 10.1. The first-order valence-corrected chi connectivity index (χ1v) is 7.59. The molecule has 1 aromatic heterocycles. The van der Waals surface area contributed by atoms with Crippen LogP contribution in [0.25, 0.3) is 5.69 Å². The molecule has 0 unspecified atom stereocenters. The molecule has 0 radical (unpaired) electrons. The largest absolute Gasteiger partial charge is 0.416 e. The van der Waals surface area contributed by atoms with E-state index in [2.05, 4.69) is 15.7 Å². The normalized spacial score (nSPS) is 11.6.